The number of nitrogens with one attached hydrogen (secondary N) is 2. The average Bonchev–Trinajstić information content (AvgIpc) is 3.51. The summed E-state index contributed by atoms with van der Waals surface area (Å²) < 4.78 is 4.73. The number of hydrogen-bond donors (Lipinski definition) is 3. The molecule has 4 fully saturated rings. The van der Waals surface area contributed by atoms with E-state index in [4.69, 9.17) is 4.74 Å². The van der Waals surface area contributed by atoms with Crippen LogP contribution in [-0.4, -0.2) is 101 Å². The van der Waals surface area contributed by atoms with Gasteiger partial charge in [0.25, 0.3) is 0 Å². The van der Waals surface area contributed by atoms with E-state index in [9.17, 15) is 19.5 Å². The second-order valence-corrected chi connectivity index (χ2v) is 12.3. The van der Waals surface area contributed by atoms with Crippen LogP contribution in [0, 0.1) is 17.8 Å². The maximum absolute atomic E-state index is 14.0. The highest BCUT2D eigenvalue weighted by atomic mass is 32.2. The zero-order valence-corrected chi connectivity index (χ0v) is 22.4. The van der Waals surface area contributed by atoms with Crippen molar-refractivity contribution in [3.05, 3.63) is 35.9 Å². The highest BCUT2D eigenvalue weighted by molar-refractivity contribution is 8.02. The van der Waals surface area contributed by atoms with Crippen molar-refractivity contribution in [3.63, 3.8) is 0 Å². The first-order valence-corrected chi connectivity index (χ1v) is 14.3. The van der Waals surface area contributed by atoms with Crippen molar-refractivity contribution in [3.8, 4) is 0 Å². The van der Waals surface area contributed by atoms with E-state index in [1.165, 1.54) is 0 Å². The topological polar surface area (TPSA) is 111 Å². The number of ether oxygens (including phenoxy) is 1. The fraction of sp³-hybridized carbons (Fsp3) is 0.667. The highest BCUT2D eigenvalue weighted by Crippen LogP contribution is 2.68. The lowest BCUT2D eigenvalue weighted by molar-refractivity contribution is -0.142. The number of carbonyl (C=O) groups is 3. The molecule has 4 heterocycles. The van der Waals surface area contributed by atoms with E-state index in [0.717, 1.165) is 31.6 Å². The molecule has 3 amide bonds. The molecule has 4 aliphatic rings. The maximum Gasteiger partial charge on any atom is 0.244 e. The molecule has 0 saturated carbocycles. The fourth-order valence-electron chi connectivity index (χ4n) is 6.78. The summed E-state index contributed by atoms with van der Waals surface area (Å²) in [6.45, 7) is 8.31. The molecule has 4 aliphatic heterocycles. The maximum atomic E-state index is 14.0. The summed E-state index contributed by atoms with van der Waals surface area (Å²) in [5, 5.41) is 16.2. The van der Waals surface area contributed by atoms with Crippen molar-refractivity contribution < 1.29 is 24.2 Å². The molecular weight excluding hydrogens is 492 g/mol. The third-order valence-electron chi connectivity index (χ3n) is 8.61. The largest absolute Gasteiger partial charge is 0.394 e. The van der Waals surface area contributed by atoms with Gasteiger partial charge in [-0.2, -0.15) is 0 Å². The number of nitrogens with zero attached hydrogens (tertiary/aromatic N) is 2. The number of likely N-dealkylation sites (tertiary alicyclic amines) is 1. The Balaban J connectivity index is 1.36. The van der Waals surface area contributed by atoms with Crippen LogP contribution >= 0.6 is 11.8 Å². The molecule has 3 unspecified atom stereocenters. The summed E-state index contributed by atoms with van der Waals surface area (Å²) >= 11 is 1.66. The third-order valence-corrected chi connectivity index (χ3v) is 10.7. The molecule has 1 aromatic carbocycles. The smallest absolute Gasteiger partial charge is 0.244 e. The number of rotatable bonds is 9. The molecule has 0 aliphatic carbocycles. The summed E-state index contributed by atoms with van der Waals surface area (Å²) in [6.07, 6.45) is 0.788. The normalized spacial score (nSPS) is 33.9. The van der Waals surface area contributed by atoms with Crippen LogP contribution in [-0.2, 0) is 25.7 Å². The lowest BCUT2D eigenvalue weighted by Gasteiger charge is -2.39. The van der Waals surface area contributed by atoms with Gasteiger partial charge < -0.3 is 25.4 Å². The molecular formula is C27H38N4O5S. The number of aliphatic hydroxyl groups excluding tert-OH is 1. The molecule has 0 radical (unpaired) electrons. The van der Waals surface area contributed by atoms with E-state index >= 15 is 0 Å². The number of fused-ring (bicyclic) bond motifs is 1. The zero-order valence-electron chi connectivity index (χ0n) is 21.6. The Kier molecular flexibility index (Phi) is 7.81. The van der Waals surface area contributed by atoms with Crippen LogP contribution in [0.1, 0.15) is 25.8 Å². The summed E-state index contributed by atoms with van der Waals surface area (Å²) in [6, 6.07) is 8.49. The monoisotopic (exact) mass is 530 g/mol. The Morgan fingerprint density at radius 3 is 2.62 bits per heavy atom. The van der Waals surface area contributed by atoms with E-state index < -0.39 is 28.7 Å². The van der Waals surface area contributed by atoms with Crippen LogP contribution in [0.4, 0.5) is 0 Å². The second kappa shape index (κ2) is 10.9. The average molecular weight is 531 g/mol. The van der Waals surface area contributed by atoms with Gasteiger partial charge in [-0.25, -0.2) is 0 Å². The van der Waals surface area contributed by atoms with Crippen LogP contribution < -0.4 is 10.6 Å². The van der Waals surface area contributed by atoms with Gasteiger partial charge in [-0.15, -0.1) is 11.8 Å². The van der Waals surface area contributed by atoms with Crippen molar-refractivity contribution in [1.82, 2.24) is 20.4 Å². The van der Waals surface area contributed by atoms with E-state index in [1.54, 1.807) is 23.6 Å². The van der Waals surface area contributed by atoms with Gasteiger partial charge in [-0.1, -0.05) is 37.3 Å². The number of hydrogen-bond acceptors (Lipinski definition) is 7. The molecule has 4 saturated heterocycles. The molecule has 5 rings (SSSR count). The van der Waals surface area contributed by atoms with Gasteiger partial charge in [0.2, 0.25) is 17.7 Å². The summed E-state index contributed by atoms with van der Waals surface area (Å²) in [4.78, 5) is 45.1. The van der Waals surface area contributed by atoms with Crippen LogP contribution in [0.15, 0.2) is 30.3 Å². The van der Waals surface area contributed by atoms with Crippen LogP contribution in [0.2, 0.25) is 0 Å². The Labute approximate surface area is 222 Å². The van der Waals surface area contributed by atoms with E-state index in [0.29, 0.717) is 26.3 Å². The summed E-state index contributed by atoms with van der Waals surface area (Å²) in [5.74, 6) is -1.46. The van der Waals surface area contributed by atoms with Gasteiger partial charge in [0.1, 0.15) is 6.04 Å². The minimum Gasteiger partial charge on any atom is -0.394 e. The van der Waals surface area contributed by atoms with Gasteiger partial charge in [-0.05, 0) is 24.8 Å². The first-order valence-electron chi connectivity index (χ1n) is 13.4. The molecule has 9 nitrogen and oxygen atoms in total. The molecule has 1 aromatic rings. The Bertz CT molecular complexity index is 1010. The molecule has 7 atom stereocenters. The lowest BCUT2D eigenvalue weighted by atomic mass is 9.66. The van der Waals surface area contributed by atoms with Gasteiger partial charge in [0.15, 0.2) is 0 Å². The highest BCUT2D eigenvalue weighted by Gasteiger charge is 2.76. The number of thioether (sulfide) groups is 1. The fourth-order valence-corrected chi connectivity index (χ4v) is 9.19. The number of aliphatic hydroxyl groups is 1. The van der Waals surface area contributed by atoms with Gasteiger partial charge >= 0.3 is 0 Å². The van der Waals surface area contributed by atoms with Crippen molar-refractivity contribution >= 4 is 29.5 Å². The molecule has 10 heteroatoms. The number of amides is 3. The first kappa shape index (κ1) is 26.5. The number of benzene rings is 1. The molecule has 0 aromatic heterocycles. The predicted molar refractivity (Wildman–Crippen MR) is 141 cm³/mol. The molecule has 37 heavy (non-hydrogen) atoms. The zero-order chi connectivity index (χ0) is 26.2. The molecule has 1 spiro atoms. The van der Waals surface area contributed by atoms with Crippen LogP contribution in [0.25, 0.3) is 0 Å². The second-order valence-electron chi connectivity index (χ2n) is 10.8. The predicted octanol–water partition coefficient (Wildman–Crippen LogP) is 0.469. The molecule has 3 N–H and O–H groups in total. The van der Waals surface area contributed by atoms with Gasteiger partial charge in [-0.3, -0.25) is 19.3 Å². The van der Waals surface area contributed by atoms with Crippen LogP contribution in [0.5, 0.6) is 0 Å². The molecule has 2 bridgehead atoms. The van der Waals surface area contributed by atoms with Crippen LogP contribution in [0.3, 0.4) is 0 Å². The summed E-state index contributed by atoms with van der Waals surface area (Å²) in [5.41, 5.74) is 1.00. The van der Waals surface area contributed by atoms with Crippen molar-refractivity contribution in [2.24, 2.45) is 17.8 Å². The summed E-state index contributed by atoms with van der Waals surface area (Å²) in [7, 11) is 0. The minimum absolute atomic E-state index is 0.00467. The third kappa shape index (κ3) is 4.66. The molecule has 202 valence electrons. The van der Waals surface area contributed by atoms with Gasteiger partial charge in [0, 0.05) is 38.0 Å². The first-order chi connectivity index (χ1) is 17.9. The number of morpholine rings is 1. The number of carbonyl (C=O) groups excluding carboxylic acids is 3. The Hall–Kier alpha value is -2.14. The Morgan fingerprint density at radius 1 is 1.19 bits per heavy atom. The van der Waals surface area contributed by atoms with Crippen molar-refractivity contribution in [1.29, 1.82) is 0 Å². The quantitative estimate of drug-likeness (QED) is 0.426. The van der Waals surface area contributed by atoms with Crippen molar-refractivity contribution in [2.45, 2.75) is 48.9 Å². The van der Waals surface area contributed by atoms with Gasteiger partial charge in [0.05, 0.1) is 42.4 Å². The van der Waals surface area contributed by atoms with E-state index in [1.807, 2.05) is 30.3 Å². The van der Waals surface area contributed by atoms with Crippen molar-refractivity contribution in [2.75, 3.05) is 46.0 Å². The van der Waals surface area contributed by atoms with E-state index in [-0.39, 0.29) is 35.5 Å². The standard InChI is InChI=1S/C27H38N4O5S/c1-17-14-20-21(24(33)29-15-19-6-4-3-5-7-19)22-26(35)31(18(2)16-32)23(27(17,22)37-20)25(34)28-8-9-30-10-12-36-13-11-30/h3-7,17-18,20-23,32H,8-16H2,1-2H3,(H,28,34)(H,29,33)/t17?,18-,20+,21-,22+,23?,27?/m1/s1. The SMILES string of the molecule is CC1C[C@@H]2SC13C(C(=O)NCCN1CCOCC1)N([C@H](C)CO)C(=O)[C@@H]3[C@@H]2C(=O)NCc1ccccc1. The lowest BCUT2D eigenvalue weighted by Crippen LogP contribution is -2.58. The minimum atomic E-state index is -0.714. The van der Waals surface area contributed by atoms with E-state index in [2.05, 4.69) is 22.5 Å². The Morgan fingerprint density at radius 2 is 1.92 bits per heavy atom.